The van der Waals surface area contributed by atoms with Gasteiger partial charge in [-0.3, -0.25) is 9.80 Å². The lowest BCUT2D eigenvalue weighted by Gasteiger charge is -2.43. The molecular weight excluding hydrogens is 437 g/mol. The van der Waals surface area contributed by atoms with Gasteiger partial charge in [-0.15, -0.1) is 24.0 Å². The minimum atomic E-state index is -0.447. The van der Waals surface area contributed by atoms with Crippen LogP contribution in [0.1, 0.15) is 27.2 Å². The Balaban J connectivity index is 0.00000312. The predicted molar refractivity (Wildman–Crippen MR) is 108 cm³/mol. The molecule has 0 aromatic carbocycles. The number of hydrogen-bond acceptors (Lipinski definition) is 6. The third-order valence-corrected chi connectivity index (χ3v) is 4.54. The molecule has 1 amide bonds. The van der Waals surface area contributed by atoms with Crippen molar-refractivity contribution >= 4 is 30.1 Å². The minimum absolute atomic E-state index is 0. The number of hydrogen-bond donors (Lipinski definition) is 1. The van der Waals surface area contributed by atoms with Gasteiger partial charge in [0.25, 0.3) is 0 Å². The van der Waals surface area contributed by atoms with Crippen LogP contribution >= 0.6 is 24.0 Å². The number of carbonyl (C=O) groups excluding carboxylic acids is 1. The topological polar surface area (TPSA) is 63.3 Å². The van der Waals surface area contributed by atoms with E-state index in [1.54, 1.807) is 7.11 Å². The van der Waals surface area contributed by atoms with Crippen LogP contribution in [0.4, 0.5) is 4.79 Å². The quantitative estimate of drug-likeness (QED) is 0.615. The van der Waals surface area contributed by atoms with E-state index in [4.69, 9.17) is 14.2 Å². The molecule has 0 spiro atoms. The van der Waals surface area contributed by atoms with Gasteiger partial charge in [0, 0.05) is 59.0 Å². The van der Waals surface area contributed by atoms with E-state index in [2.05, 4.69) is 15.1 Å². The van der Waals surface area contributed by atoms with Crippen LogP contribution in [0.25, 0.3) is 0 Å². The Hall–Kier alpha value is -0.160. The highest BCUT2D eigenvalue weighted by molar-refractivity contribution is 14.0. The summed E-state index contributed by atoms with van der Waals surface area (Å²) >= 11 is 0. The second-order valence-corrected chi connectivity index (χ2v) is 7.51. The van der Waals surface area contributed by atoms with Crippen molar-refractivity contribution in [2.24, 2.45) is 0 Å². The maximum atomic E-state index is 11.6. The van der Waals surface area contributed by atoms with Crippen LogP contribution in [0, 0.1) is 0 Å². The Labute approximate surface area is 168 Å². The maximum Gasteiger partial charge on any atom is 0.407 e. The van der Waals surface area contributed by atoms with Gasteiger partial charge in [0.1, 0.15) is 5.60 Å². The molecule has 0 aliphatic carbocycles. The Kier molecular flexibility index (Phi) is 9.94. The summed E-state index contributed by atoms with van der Waals surface area (Å²) < 4.78 is 16.3. The summed E-state index contributed by atoms with van der Waals surface area (Å²) in [6.07, 6.45) is 0.879. The molecule has 7 nitrogen and oxygen atoms in total. The molecule has 2 aliphatic rings. The van der Waals surface area contributed by atoms with Crippen LogP contribution in [0.2, 0.25) is 0 Å². The van der Waals surface area contributed by atoms with E-state index in [1.807, 2.05) is 20.8 Å². The van der Waals surface area contributed by atoms with Crippen LogP contribution < -0.4 is 5.32 Å². The van der Waals surface area contributed by atoms with Crippen molar-refractivity contribution < 1.29 is 19.0 Å². The van der Waals surface area contributed by atoms with Gasteiger partial charge < -0.3 is 19.5 Å². The summed E-state index contributed by atoms with van der Waals surface area (Å²) in [5, 5.41) is 2.82. The van der Waals surface area contributed by atoms with Gasteiger partial charge in [-0.1, -0.05) is 0 Å². The van der Waals surface area contributed by atoms with E-state index < -0.39 is 5.60 Å². The molecule has 0 saturated carbocycles. The molecule has 2 unspecified atom stereocenters. The molecule has 1 N–H and O–H groups in total. The molecule has 2 atom stereocenters. The Bertz CT molecular complexity index is 398. The molecule has 2 heterocycles. The zero-order valence-electron chi connectivity index (χ0n) is 16.0. The highest BCUT2D eigenvalue weighted by Gasteiger charge is 2.32. The number of nitrogens with zero attached hydrogens (tertiary/aromatic N) is 2. The molecule has 0 aromatic heterocycles. The van der Waals surface area contributed by atoms with E-state index in [0.717, 1.165) is 45.8 Å². The summed E-state index contributed by atoms with van der Waals surface area (Å²) in [5.74, 6) is 0. The normalized spacial score (nSPS) is 25.9. The third-order valence-electron chi connectivity index (χ3n) is 4.54. The van der Waals surface area contributed by atoms with Gasteiger partial charge in [-0.25, -0.2) is 4.79 Å². The summed E-state index contributed by atoms with van der Waals surface area (Å²) in [5.41, 5.74) is -0.447. The number of alkyl carbamates (subject to hydrolysis) is 1. The SMILES string of the molecule is COC1COCCC1N1CCN(CCNC(=O)OC(C)(C)C)CC1.I. The van der Waals surface area contributed by atoms with E-state index in [0.29, 0.717) is 19.2 Å². The number of rotatable bonds is 5. The maximum absolute atomic E-state index is 11.6. The minimum Gasteiger partial charge on any atom is -0.444 e. The number of ether oxygens (including phenoxy) is 3. The van der Waals surface area contributed by atoms with E-state index in [9.17, 15) is 4.79 Å². The van der Waals surface area contributed by atoms with Crippen molar-refractivity contribution in [1.29, 1.82) is 0 Å². The van der Waals surface area contributed by atoms with Crippen LogP contribution in [0.3, 0.4) is 0 Å². The van der Waals surface area contributed by atoms with Crippen molar-refractivity contribution in [1.82, 2.24) is 15.1 Å². The van der Waals surface area contributed by atoms with Crippen LogP contribution in [0.5, 0.6) is 0 Å². The number of carbonyl (C=O) groups is 1. The first-order chi connectivity index (χ1) is 11.4. The number of halogens is 1. The van der Waals surface area contributed by atoms with Gasteiger partial charge in [-0.05, 0) is 27.2 Å². The van der Waals surface area contributed by atoms with Crippen molar-refractivity contribution in [3.63, 3.8) is 0 Å². The first-order valence-electron chi connectivity index (χ1n) is 8.93. The zero-order chi connectivity index (χ0) is 17.6. The smallest absolute Gasteiger partial charge is 0.407 e. The Morgan fingerprint density at radius 3 is 2.52 bits per heavy atom. The Morgan fingerprint density at radius 1 is 1.24 bits per heavy atom. The monoisotopic (exact) mass is 471 g/mol. The average molecular weight is 471 g/mol. The summed E-state index contributed by atoms with van der Waals surface area (Å²) in [4.78, 5) is 16.5. The number of nitrogens with one attached hydrogen (secondary N) is 1. The van der Waals surface area contributed by atoms with Gasteiger partial charge in [0.05, 0.1) is 12.7 Å². The average Bonchev–Trinajstić information content (AvgIpc) is 2.54. The molecule has 2 aliphatic heterocycles. The standard InChI is InChI=1S/C17H33N3O4.HI/c1-17(2,3)24-16(21)18-6-7-19-8-10-20(11-9-19)14-5-12-23-13-15(14)22-4;/h14-15H,5-13H2,1-4H3,(H,18,21);1H. The van der Waals surface area contributed by atoms with E-state index in [1.165, 1.54) is 0 Å². The molecule has 2 rings (SSSR count). The highest BCUT2D eigenvalue weighted by Crippen LogP contribution is 2.19. The van der Waals surface area contributed by atoms with E-state index in [-0.39, 0.29) is 36.2 Å². The molecule has 148 valence electrons. The first kappa shape index (κ1) is 22.9. The second kappa shape index (κ2) is 10.9. The van der Waals surface area contributed by atoms with Crippen molar-refractivity contribution in [3.05, 3.63) is 0 Å². The molecule has 2 fully saturated rings. The zero-order valence-corrected chi connectivity index (χ0v) is 18.3. The molecular formula is C17H34IN3O4. The second-order valence-electron chi connectivity index (χ2n) is 7.51. The number of piperazine rings is 1. The summed E-state index contributed by atoms with van der Waals surface area (Å²) in [6.45, 7) is 12.7. The lowest BCUT2D eigenvalue weighted by atomic mass is 10.0. The third kappa shape index (κ3) is 7.94. The molecule has 2 saturated heterocycles. The molecule has 25 heavy (non-hydrogen) atoms. The van der Waals surface area contributed by atoms with Gasteiger partial charge >= 0.3 is 6.09 Å². The van der Waals surface area contributed by atoms with Crippen molar-refractivity contribution in [3.8, 4) is 0 Å². The van der Waals surface area contributed by atoms with Crippen LogP contribution in [0.15, 0.2) is 0 Å². The predicted octanol–water partition coefficient (Wildman–Crippen LogP) is 1.55. The lowest BCUT2D eigenvalue weighted by Crippen LogP contribution is -2.57. The van der Waals surface area contributed by atoms with Crippen molar-refractivity contribution in [2.45, 2.75) is 44.9 Å². The molecule has 0 radical (unpaired) electrons. The fourth-order valence-corrected chi connectivity index (χ4v) is 3.29. The number of methoxy groups -OCH3 is 1. The van der Waals surface area contributed by atoms with Crippen LogP contribution in [-0.2, 0) is 14.2 Å². The largest absolute Gasteiger partial charge is 0.444 e. The first-order valence-corrected chi connectivity index (χ1v) is 8.93. The fraction of sp³-hybridized carbons (Fsp3) is 0.941. The Morgan fingerprint density at radius 2 is 1.92 bits per heavy atom. The van der Waals surface area contributed by atoms with Gasteiger partial charge in [-0.2, -0.15) is 0 Å². The highest BCUT2D eigenvalue weighted by atomic mass is 127. The van der Waals surface area contributed by atoms with Gasteiger partial charge in [0.15, 0.2) is 0 Å². The molecule has 8 heteroatoms. The fourth-order valence-electron chi connectivity index (χ4n) is 3.29. The van der Waals surface area contributed by atoms with Gasteiger partial charge in [0.2, 0.25) is 0 Å². The summed E-state index contributed by atoms with van der Waals surface area (Å²) in [7, 11) is 1.77. The molecule has 0 bridgehead atoms. The lowest BCUT2D eigenvalue weighted by molar-refractivity contribution is -0.0900. The number of amides is 1. The van der Waals surface area contributed by atoms with E-state index >= 15 is 0 Å². The summed E-state index contributed by atoms with van der Waals surface area (Å²) in [6, 6.07) is 0.464. The van der Waals surface area contributed by atoms with Crippen molar-refractivity contribution in [2.75, 3.05) is 59.6 Å². The van der Waals surface area contributed by atoms with Crippen LogP contribution in [-0.4, -0.2) is 93.2 Å². The molecule has 0 aromatic rings.